The molecule has 4 rings (SSSR count). The van der Waals surface area contributed by atoms with E-state index in [1.54, 1.807) is 12.1 Å². The molecule has 3 amide bonds. The Bertz CT molecular complexity index is 935. The lowest BCUT2D eigenvalue weighted by Crippen LogP contribution is -2.32. The summed E-state index contributed by atoms with van der Waals surface area (Å²) in [5, 5.41) is 3.08. The molecule has 0 bridgehead atoms. The summed E-state index contributed by atoms with van der Waals surface area (Å²) < 4.78 is 0. The molecule has 0 saturated carbocycles. The number of hydrogen-bond donors (Lipinski definition) is 1. The maximum absolute atomic E-state index is 12.5. The monoisotopic (exact) mass is 362 g/mol. The van der Waals surface area contributed by atoms with Crippen LogP contribution in [0.2, 0.25) is 0 Å². The van der Waals surface area contributed by atoms with Gasteiger partial charge in [0.15, 0.2) is 0 Å². The van der Waals surface area contributed by atoms with Gasteiger partial charge < -0.3 is 5.32 Å². The van der Waals surface area contributed by atoms with Crippen LogP contribution in [0.5, 0.6) is 0 Å². The van der Waals surface area contributed by atoms with Crippen LogP contribution >= 0.6 is 0 Å². The highest BCUT2D eigenvalue weighted by Gasteiger charge is 2.35. The SMILES string of the molecule is Cc1ccc2c(c1)C(=O)N(CCCC(=O)NC1CCc3ccccc31)C2=O. The Labute approximate surface area is 158 Å². The molecule has 1 heterocycles. The third kappa shape index (κ3) is 3.25. The summed E-state index contributed by atoms with van der Waals surface area (Å²) in [6.45, 7) is 2.16. The van der Waals surface area contributed by atoms with E-state index in [4.69, 9.17) is 0 Å². The lowest BCUT2D eigenvalue weighted by Gasteiger charge is -2.16. The van der Waals surface area contributed by atoms with Crippen molar-refractivity contribution in [2.24, 2.45) is 0 Å². The molecule has 2 aliphatic rings. The molecule has 1 aliphatic heterocycles. The number of imide groups is 1. The topological polar surface area (TPSA) is 66.5 Å². The van der Waals surface area contributed by atoms with E-state index >= 15 is 0 Å². The van der Waals surface area contributed by atoms with Gasteiger partial charge in [-0.2, -0.15) is 0 Å². The molecule has 1 N–H and O–H groups in total. The number of carbonyl (C=O) groups excluding carboxylic acids is 3. The van der Waals surface area contributed by atoms with Gasteiger partial charge in [-0.3, -0.25) is 19.3 Å². The van der Waals surface area contributed by atoms with Crippen LogP contribution in [0.3, 0.4) is 0 Å². The van der Waals surface area contributed by atoms with Crippen LogP contribution in [0.25, 0.3) is 0 Å². The molecule has 1 unspecified atom stereocenters. The first-order valence-electron chi connectivity index (χ1n) is 9.38. The molecule has 0 saturated heterocycles. The molecule has 2 aromatic carbocycles. The number of aryl methyl sites for hydroxylation is 2. The summed E-state index contributed by atoms with van der Waals surface area (Å²) in [7, 11) is 0. The first-order valence-corrected chi connectivity index (χ1v) is 9.38. The van der Waals surface area contributed by atoms with Crippen molar-refractivity contribution in [2.75, 3.05) is 6.54 Å². The van der Waals surface area contributed by atoms with Crippen molar-refractivity contribution in [3.63, 3.8) is 0 Å². The van der Waals surface area contributed by atoms with E-state index in [2.05, 4.69) is 17.4 Å². The maximum atomic E-state index is 12.5. The molecule has 0 fully saturated rings. The van der Waals surface area contributed by atoms with E-state index in [1.165, 1.54) is 16.0 Å². The Morgan fingerprint density at radius 1 is 1.11 bits per heavy atom. The van der Waals surface area contributed by atoms with E-state index in [0.29, 0.717) is 24.0 Å². The molecule has 1 aliphatic carbocycles. The lowest BCUT2D eigenvalue weighted by atomic mass is 10.1. The summed E-state index contributed by atoms with van der Waals surface area (Å²) in [5.74, 6) is -0.562. The molecule has 5 heteroatoms. The van der Waals surface area contributed by atoms with Crippen LogP contribution in [0.1, 0.15) is 62.7 Å². The van der Waals surface area contributed by atoms with Gasteiger partial charge in [0.2, 0.25) is 5.91 Å². The van der Waals surface area contributed by atoms with E-state index in [-0.39, 0.29) is 30.3 Å². The van der Waals surface area contributed by atoms with Gasteiger partial charge in [0, 0.05) is 13.0 Å². The van der Waals surface area contributed by atoms with Crippen LogP contribution in [-0.2, 0) is 11.2 Å². The van der Waals surface area contributed by atoms with Crippen molar-refractivity contribution < 1.29 is 14.4 Å². The second-order valence-electron chi connectivity index (χ2n) is 7.27. The fourth-order valence-electron chi connectivity index (χ4n) is 3.98. The van der Waals surface area contributed by atoms with Gasteiger partial charge >= 0.3 is 0 Å². The van der Waals surface area contributed by atoms with Crippen LogP contribution in [-0.4, -0.2) is 29.2 Å². The van der Waals surface area contributed by atoms with Crippen LogP contribution < -0.4 is 5.32 Å². The zero-order valence-electron chi connectivity index (χ0n) is 15.3. The van der Waals surface area contributed by atoms with Gasteiger partial charge in [0.05, 0.1) is 17.2 Å². The first kappa shape index (κ1) is 17.5. The predicted octanol–water partition coefficient (Wildman–Crippen LogP) is 3.17. The second-order valence-corrected chi connectivity index (χ2v) is 7.27. The highest BCUT2D eigenvalue weighted by molar-refractivity contribution is 6.21. The third-order valence-corrected chi connectivity index (χ3v) is 5.38. The Morgan fingerprint density at radius 3 is 2.74 bits per heavy atom. The fourth-order valence-corrected chi connectivity index (χ4v) is 3.98. The summed E-state index contributed by atoms with van der Waals surface area (Å²) >= 11 is 0. The molecule has 27 heavy (non-hydrogen) atoms. The quantitative estimate of drug-likeness (QED) is 0.831. The minimum Gasteiger partial charge on any atom is -0.349 e. The zero-order chi connectivity index (χ0) is 19.0. The predicted molar refractivity (Wildman–Crippen MR) is 101 cm³/mol. The van der Waals surface area contributed by atoms with E-state index in [1.807, 2.05) is 25.1 Å². The average molecular weight is 362 g/mol. The Hall–Kier alpha value is -2.95. The standard InChI is InChI=1S/C22H22N2O3/c1-14-8-10-17-18(13-14)22(27)24(21(17)26)12-4-7-20(25)23-19-11-9-15-5-2-3-6-16(15)19/h2-3,5-6,8,10,13,19H,4,7,9,11-12H2,1H3,(H,23,25). The van der Waals surface area contributed by atoms with Crippen LogP contribution in [0, 0.1) is 6.92 Å². The number of fused-ring (bicyclic) bond motifs is 2. The molecule has 5 nitrogen and oxygen atoms in total. The van der Waals surface area contributed by atoms with Crippen molar-refractivity contribution in [3.05, 3.63) is 70.3 Å². The molecule has 0 radical (unpaired) electrons. The number of rotatable bonds is 5. The normalized spacial score (nSPS) is 17.8. The van der Waals surface area contributed by atoms with E-state index in [0.717, 1.165) is 18.4 Å². The molecule has 138 valence electrons. The second kappa shape index (κ2) is 6.99. The van der Waals surface area contributed by atoms with Crippen molar-refractivity contribution in [1.82, 2.24) is 10.2 Å². The number of benzene rings is 2. The van der Waals surface area contributed by atoms with Gasteiger partial charge in [0.25, 0.3) is 11.8 Å². The van der Waals surface area contributed by atoms with Crippen LogP contribution in [0.4, 0.5) is 0 Å². The van der Waals surface area contributed by atoms with Crippen molar-refractivity contribution in [2.45, 2.75) is 38.6 Å². The highest BCUT2D eigenvalue weighted by atomic mass is 16.2. The minimum absolute atomic E-state index is 0.0378. The van der Waals surface area contributed by atoms with Crippen molar-refractivity contribution >= 4 is 17.7 Å². The first-order chi connectivity index (χ1) is 13.0. The molecule has 0 spiro atoms. The smallest absolute Gasteiger partial charge is 0.261 e. The van der Waals surface area contributed by atoms with E-state index < -0.39 is 0 Å². The maximum Gasteiger partial charge on any atom is 0.261 e. The summed E-state index contributed by atoms with van der Waals surface area (Å²) in [5.41, 5.74) is 4.36. The fraction of sp³-hybridized carbons (Fsp3) is 0.318. The average Bonchev–Trinajstić information content (AvgIpc) is 3.16. The number of nitrogens with zero attached hydrogens (tertiary/aromatic N) is 1. The molecule has 1 atom stereocenters. The molecule has 0 aromatic heterocycles. The number of carbonyl (C=O) groups is 3. The van der Waals surface area contributed by atoms with Gasteiger partial charge in [-0.1, -0.05) is 35.9 Å². The molecular formula is C22H22N2O3. The van der Waals surface area contributed by atoms with E-state index in [9.17, 15) is 14.4 Å². The lowest BCUT2D eigenvalue weighted by molar-refractivity contribution is -0.122. The minimum atomic E-state index is -0.264. The van der Waals surface area contributed by atoms with Crippen molar-refractivity contribution in [1.29, 1.82) is 0 Å². The number of hydrogen-bond acceptors (Lipinski definition) is 3. The molecule has 2 aromatic rings. The van der Waals surface area contributed by atoms with Gasteiger partial charge in [-0.15, -0.1) is 0 Å². The highest BCUT2D eigenvalue weighted by Crippen LogP contribution is 2.30. The Kier molecular flexibility index (Phi) is 4.52. The van der Waals surface area contributed by atoms with Gasteiger partial charge in [0.1, 0.15) is 0 Å². The Morgan fingerprint density at radius 2 is 1.89 bits per heavy atom. The van der Waals surface area contributed by atoms with Crippen LogP contribution in [0.15, 0.2) is 42.5 Å². The van der Waals surface area contributed by atoms with Gasteiger partial charge in [-0.25, -0.2) is 0 Å². The summed E-state index contributed by atoms with van der Waals surface area (Å²) in [6.07, 6.45) is 2.66. The van der Waals surface area contributed by atoms with Gasteiger partial charge in [-0.05, 0) is 49.4 Å². The Balaban J connectivity index is 1.31. The molecular weight excluding hydrogens is 340 g/mol. The summed E-state index contributed by atoms with van der Waals surface area (Å²) in [4.78, 5) is 38.4. The zero-order valence-corrected chi connectivity index (χ0v) is 15.3. The number of nitrogens with one attached hydrogen (secondary N) is 1. The summed E-state index contributed by atoms with van der Waals surface area (Å²) in [6, 6.07) is 13.5. The van der Waals surface area contributed by atoms with Crippen molar-refractivity contribution in [3.8, 4) is 0 Å². The number of amides is 3. The third-order valence-electron chi connectivity index (χ3n) is 5.38. The largest absolute Gasteiger partial charge is 0.349 e.